The van der Waals surface area contributed by atoms with Gasteiger partial charge >= 0.3 is 5.97 Å². The molecule has 0 atom stereocenters. The standard InChI is InChI=1S/C14H17Cl2NO3/c1-17(7-3-4-14(19)20-2)13(18)8-10-5-6-11(15)9-12(10)16/h5-6,9H,3-4,7-8H2,1-2H3. The zero-order chi connectivity index (χ0) is 15.1. The van der Waals surface area contributed by atoms with E-state index in [0.717, 1.165) is 5.56 Å². The Balaban J connectivity index is 2.47. The number of ether oxygens (including phenoxy) is 1. The predicted molar refractivity (Wildman–Crippen MR) is 79.1 cm³/mol. The van der Waals surface area contributed by atoms with Crippen LogP contribution in [0, 0.1) is 0 Å². The van der Waals surface area contributed by atoms with E-state index in [2.05, 4.69) is 4.74 Å². The smallest absolute Gasteiger partial charge is 0.305 e. The summed E-state index contributed by atoms with van der Waals surface area (Å²) in [5.41, 5.74) is 0.737. The molecule has 0 aliphatic heterocycles. The molecule has 0 heterocycles. The molecule has 0 aromatic heterocycles. The molecule has 0 saturated carbocycles. The number of hydrogen-bond donors (Lipinski definition) is 0. The number of amides is 1. The average molecular weight is 318 g/mol. The van der Waals surface area contributed by atoms with Crippen molar-refractivity contribution in [2.45, 2.75) is 19.3 Å². The van der Waals surface area contributed by atoms with E-state index in [4.69, 9.17) is 23.2 Å². The van der Waals surface area contributed by atoms with Crippen molar-refractivity contribution in [1.82, 2.24) is 4.90 Å². The molecule has 0 aliphatic carbocycles. The van der Waals surface area contributed by atoms with Gasteiger partial charge in [-0.3, -0.25) is 9.59 Å². The Kier molecular flexibility index (Phi) is 6.82. The number of nitrogens with zero attached hydrogens (tertiary/aromatic N) is 1. The molecular formula is C14H17Cl2NO3. The van der Waals surface area contributed by atoms with Crippen molar-refractivity contribution < 1.29 is 14.3 Å². The molecule has 1 amide bonds. The van der Waals surface area contributed by atoms with E-state index in [1.54, 1.807) is 30.1 Å². The summed E-state index contributed by atoms with van der Waals surface area (Å²) in [7, 11) is 3.04. The quantitative estimate of drug-likeness (QED) is 0.758. The molecule has 0 radical (unpaired) electrons. The Morgan fingerprint density at radius 2 is 2.00 bits per heavy atom. The summed E-state index contributed by atoms with van der Waals surface area (Å²) in [4.78, 5) is 24.6. The maximum atomic E-state index is 12.0. The van der Waals surface area contributed by atoms with Crippen LogP contribution >= 0.6 is 23.2 Å². The first-order valence-corrected chi connectivity index (χ1v) is 6.94. The van der Waals surface area contributed by atoms with Crippen LogP contribution in [0.4, 0.5) is 0 Å². The summed E-state index contributed by atoms with van der Waals surface area (Å²) < 4.78 is 4.54. The van der Waals surface area contributed by atoms with Crippen LogP contribution in [0.25, 0.3) is 0 Å². The van der Waals surface area contributed by atoms with Gasteiger partial charge in [0.15, 0.2) is 0 Å². The van der Waals surface area contributed by atoms with Gasteiger partial charge in [0, 0.05) is 30.1 Å². The molecule has 0 spiro atoms. The first kappa shape index (κ1) is 16.8. The summed E-state index contributed by atoms with van der Waals surface area (Å²) in [6, 6.07) is 5.06. The largest absolute Gasteiger partial charge is 0.469 e. The average Bonchev–Trinajstić information content (AvgIpc) is 2.41. The Labute approximate surface area is 128 Å². The van der Waals surface area contributed by atoms with Crippen LogP contribution in [-0.2, 0) is 20.7 Å². The predicted octanol–water partition coefficient (Wildman–Crippen LogP) is 2.95. The van der Waals surface area contributed by atoms with Crippen molar-refractivity contribution in [2.24, 2.45) is 0 Å². The Bertz CT molecular complexity index is 491. The molecule has 1 aromatic carbocycles. The Hall–Kier alpha value is -1.26. The fourth-order valence-electron chi connectivity index (χ4n) is 1.65. The highest BCUT2D eigenvalue weighted by Crippen LogP contribution is 2.21. The lowest BCUT2D eigenvalue weighted by Gasteiger charge is -2.17. The maximum Gasteiger partial charge on any atom is 0.305 e. The molecule has 0 aliphatic rings. The third-order valence-corrected chi connectivity index (χ3v) is 3.47. The van der Waals surface area contributed by atoms with Crippen molar-refractivity contribution in [3.8, 4) is 0 Å². The number of likely N-dealkylation sites (N-methyl/N-ethyl adjacent to an activating group) is 1. The zero-order valence-electron chi connectivity index (χ0n) is 11.5. The number of benzene rings is 1. The number of rotatable bonds is 6. The summed E-state index contributed by atoms with van der Waals surface area (Å²) in [5.74, 6) is -0.328. The van der Waals surface area contributed by atoms with E-state index in [0.29, 0.717) is 29.4 Å². The topological polar surface area (TPSA) is 46.6 Å². The van der Waals surface area contributed by atoms with Gasteiger partial charge in [0.25, 0.3) is 0 Å². The van der Waals surface area contributed by atoms with Gasteiger partial charge < -0.3 is 9.64 Å². The first-order chi connectivity index (χ1) is 9.43. The van der Waals surface area contributed by atoms with Crippen molar-refractivity contribution >= 4 is 35.1 Å². The van der Waals surface area contributed by atoms with Crippen LogP contribution in [-0.4, -0.2) is 37.5 Å². The van der Waals surface area contributed by atoms with Crippen LogP contribution in [0.2, 0.25) is 10.0 Å². The van der Waals surface area contributed by atoms with E-state index in [-0.39, 0.29) is 18.3 Å². The fourth-order valence-corrected chi connectivity index (χ4v) is 2.13. The molecule has 0 bridgehead atoms. The highest BCUT2D eigenvalue weighted by atomic mass is 35.5. The van der Waals surface area contributed by atoms with Crippen LogP contribution in [0.5, 0.6) is 0 Å². The molecule has 4 nitrogen and oxygen atoms in total. The number of methoxy groups -OCH3 is 1. The lowest BCUT2D eigenvalue weighted by Crippen LogP contribution is -2.29. The summed E-state index contributed by atoms with van der Waals surface area (Å²) >= 11 is 11.8. The van der Waals surface area contributed by atoms with Gasteiger partial charge in [-0.05, 0) is 24.1 Å². The molecule has 0 fully saturated rings. The van der Waals surface area contributed by atoms with E-state index < -0.39 is 0 Å². The first-order valence-electron chi connectivity index (χ1n) is 6.18. The third-order valence-electron chi connectivity index (χ3n) is 2.88. The minimum atomic E-state index is -0.272. The summed E-state index contributed by atoms with van der Waals surface area (Å²) in [5, 5.41) is 1.02. The molecule has 110 valence electrons. The summed E-state index contributed by atoms with van der Waals surface area (Å²) in [6.45, 7) is 0.499. The summed E-state index contributed by atoms with van der Waals surface area (Å²) in [6.07, 6.45) is 1.09. The molecular weight excluding hydrogens is 301 g/mol. The number of halogens is 2. The lowest BCUT2D eigenvalue weighted by atomic mass is 10.1. The molecule has 1 rings (SSSR count). The maximum absolute atomic E-state index is 12.0. The molecule has 0 N–H and O–H groups in total. The van der Waals surface area contributed by atoms with Crippen molar-refractivity contribution in [2.75, 3.05) is 20.7 Å². The number of hydrogen-bond acceptors (Lipinski definition) is 3. The van der Waals surface area contributed by atoms with Crippen LogP contribution in [0.1, 0.15) is 18.4 Å². The monoisotopic (exact) mass is 317 g/mol. The zero-order valence-corrected chi connectivity index (χ0v) is 13.0. The molecule has 0 unspecified atom stereocenters. The molecule has 20 heavy (non-hydrogen) atoms. The van der Waals surface area contributed by atoms with Gasteiger partial charge in [-0.2, -0.15) is 0 Å². The van der Waals surface area contributed by atoms with Gasteiger partial charge in [0.1, 0.15) is 0 Å². The van der Waals surface area contributed by atoms with Crippen LogP contribution in [0.3, 0.4) is 0 Å². The Morgan fingerprint density at radius 3 is 2.60 bits per heavy atom. The lowest BCUT2D eigenvalue weighted by molar-refractivity contribution is -0.141. The van der Waals surface area contributed by atoms with Gasteiger partial charge in [-0.25, -0.2) is 0 Å². The second-order valence-electron chi connectivity index (χ2n) is 4.41. The number of carbonyl (C=O) groups is 2. The van der Waals surface area contributed by atoms with E-state index in [1.165, 1.54) is 7.11 Å². The van der Waals surface area contributed by atoms with Gasteiger partial charge in [0.05, 0.1) is 13.5 Å². The number of esters is 1. The number of carbonyl (C=O) groups excluding carboxylic acids is 2. The van der Waals surface area contributed by atoms with Gasteiger partial charge in [-0.1, -0.05) is 29.3 Å². The van der Waals surface area contributed by atoms with Gasteiger partial charge in [-0.15, -0.1) is 0 Å². The second-order valence-corrected chi connectivity index (χ2v) is 5.25. The van der Waals surface area contributed by atoms with Crippen LogP contribution < -0.4 is 0 Å². The van der Waals surface area contributed by atoms with E-state index in [9.17, 15) is 9.59 Å². The minimum Gasteiger partial charge on any atom is -0.469 e. The van der Waals surface area contributed by atoms with Crippen molar-refractivity contribution in [3.63, 3.8) is 0 Å². The van der Waals surface area contributed by atoms with Crippen LogP contribution in [0.15, 0.2) is 18.2 Å². The second kappa shape index (κ2) is 8.12. The minimum absolute atomic E-state index is 0.0564. The third kappa shape index (κ3) is 5.39. The SMILES string of the molecule is COC(=O)CCCN(C)C(=O)Cc1ccc(Cl)cc1Cl. The Morgan fingerprint density at radius 1 is 1.30 bits per heavy atom. The highest BCUT2D eigenvalue weighted by molar-refractivity contribution is 6.35. The molecule has 6 heteroatoms. The highest BCUT2D eigenvalue weighted by Gasteiger charge is 2.12. The van der Waals surface area contributed by atoms with Crippen molar-refractivity contribution in [1.29, 1.82) is 0 Å². The van der Waals surface area contributed by atoms with E-state index >= 15 is 0 Å². The fraction of sp³-hybridized carbons (Fsp3) is 0.429. The van der Waals surface area contributed by atoms with Crippen molar-refractivity contribution in [3.05, 3.63) is 33.8 Å². The van der Waals surface area contributed by atoms with Gasteiger partial charge in [0.2, 0.25) is 5.91 Å². The van der Waals surface area contributed by atoms with E-state index in [1.807, 2.05) is 0 Å². The molecule has 0 saturated heterocycles. The normalized spacial score (nSPS) is 10.2. The molecule has 1 aromatic rings.